The van der Waals surface area contributed by atoms with Gasteiger partial charge in [0.05, 0.1) is 6.20 Å². The molecule has 2 N–H and O–H groups in total. The van der Waals surface area contributed by atoms with Gasteiger partial charge in [0.15, 0.2) is 0 Å². The summed E-state index contributed by atoms with van der Waals surface area (Å²) in [5.41, 5.74) is 7.14. The molecule has 3 nitrogen and oxygen atoms in total. The number of nitrogens with zero attached hydrogens (tertiary/aromatic N) is 2. The minimum atomic E-state index is 0.779. The van der Waals surface area contributed by atoms with Gasteiger partial charge in [-0.3, -0.25) is 4.68 Å². The number of aromatic nitrogens is 2. The van der Waals surface area contributed by atoms with Gasteiger partial charge in [-0.25, -0.2) is 0 Å². The smallest absolute Gasteiger partial charge is 0.0521 e. The molecule has 15 heavy (non-hydrogen) atoms. The molecule has 0 aliphatic heterocycles. The molecule has 0 aromatic carbocycles. The molecule has 1 heterocycles. The minimum Gasteiger partial charge on any atom is -0.330 e. The van der Waals surface area contributed by atoms with Crippen LogP contribution in [0.1, 0.15) is 31.2 Å². The van der Waals surface area contributed by atoms with Gasteiger partial charge in [0.1, 0.15) is 0 Å². The van der Waals surface area contributed by atoms with Crippen molar-refractivity contribution in [3.05, 3.63) is 18.0 Å². The Bertz CT molecular complexity index is 306. The maximum Gasteiger partial charge on any atom is 0.0521 e. The first kappa shape index (κ1) is 10.7. The zero-order valence-corrected chi connectivity index (χ0v) is 9.52. The Labute approximate surface area is 91.7 Å². The highest BCUT2D eigenvalue weighted by molar-refractivity contribution is 5.04. The van der Waals surface area contributed by atoms with E-state index in [1.165, 1.54) is 31.2 Å². The lowest BCUT2D eigenvalue weighted by Gasteiger charge is -2.16. The van der Waals surface area contributed by atoms with Crippen molar-refractivity contribution in [2.45, 2.75) is 32.1 Å². The predicted molar refractivity (Wildman–Crippen MR) is 61.4 cm³/mol. The fourth-order valence-corrected chi connectivity index (χ4v) is 2.76. The first-order valence-corrected chi connectivity index (χ1v) is 5.97. The van der Waals surface area contributed by atoms with Gasteiger partial charge in [-0.05, 0) is 43.2 Å². The summed E-state index contributed by atoms with van der Waals surface area (Å²) in [6, 6.07) is 0. The van der Waals surface area contributed by atoms with Crippen LogP contribution in [-0.2, 0) is 13.5 Å². The van der Waals surface area contributed by atoms with Crippen LogP contribution in [0.15, 0.2) is 12.4 Å². The molecule has 0 amide bonds. The molecular formula is C12H21N3. The number of aryl methyl sites for hydroxylation is 2. The Morgan fingerprint density at radius 1 is 1.47 bits per heavy atom. The van der Waals surface area contributed by atoms with Crippen molar-refractivity contribution in [1.82, 2.24) is 9.78 Å². The summed E-state index contributed by atoms with van der Waals surface area (Å²) in [4.78, 5) is 0. The maximum absolute atomic E-state index is 5.78. The maximum atomic E-state index is 5.78. The standard InChI is InChI=1S/C12H21N3/c1-15-9-10(8-14-15)5-6-11-3-2-4-12(11)7-13/h8-9,11-12H,2-7,13H2,1H3. The highest BCUT2D eigenvalue weighted by Crippen LogP contribution is 2.34. The van der Waals surface area contributed by atoms with E-state index in [1.54, 1.807) is 0 Å². The van der Waals surface area contributed by atoms with Crippen LogP contribution in [0.25, 0.3) is 0 Å². The van der Waals surface area contributed by atoms with Crippen molar-refractivity contribution in [1.29, 1.82) is 0 Å². The van der Waals surface area contributed by atoms with E-state index in [0.29, 0.717) is 0 Å². The molecule has 0 spiro atoms. The Morgan fingerprint density at radius 2 is 2.27 bits per heavy atom. The van der Waals surface area contributed by atoms with E-state index in [2.05, 4.69) is 11.3 Å². The number of rotatable bonds is 4. The molecule has 0 saturated heterocycles. The van der Waals surface area contributed by atoms with Gasteiger partial charge in [-0.1, -0.05) is 12.8 Å². The first-order valence-electron chi connectivity index (χ1n) is 5.97. The van der Waals surface area contributed by atoms with Gasteiger partial charge in [0, 0.05) is 13.2 Å². The summed E-state index contributed by atoms with van der Waals surface area (Å²) in [5.74, 6) is 1.64. The SMILES string of the molecule is Cn1cc(CCC2CCCC2CN)cn1. The molecule has 2 rings (SSSR count). The molecule has 1 aliphatic rings. The summed E-state index contributed by atoms with van der Waals surface area (Å²) in [6.07, 6.45) is 10.6. The lowest BCUT2D eigenvalue weighted by Crippen LogP contribution is -2.18. The third kappa shape index (κ3) is 2.59. The zero-order valence-electron chi connectivity index (χ0n) is 9.52. The predicted octanol–water partition coefficient (Wildman–Crippen LogP) is 1.73. The van der Waals surface area contributed by atoms with Crippen LogP contribution in [0.4, 0.5) is 0 Å². The van der Waals surface area contributed by atoms with Crippen LogP contribution < -0.4 is 5.73 Å². The highest BCUT2D eigenvalue weighted by atomic mass is 15.2. The summed E-state index contributed by atoms with van der Waals surface area (Å²) in [7, 11) is 1.97. The number of nitrogens with two attached hydrogens (primary N) is 1. The highest BCUT2D eigenvalue weighted by Gasteiger charge is 2.25. The monoisotopic (exact) mass is 207 g/mol. The van der Waals surface area contributed by atoms with Gasteiger partial charge in [-0.2, -0.15) is 5.10 Å². The van der Waals surface area contributed by atoms with Crippen molar-refractivity contribution >= 4 is 0 Å². The Kier molecular flexibility index (Phi) is 3.41. The van der Waals surface area contributed by atoms with E-state index < -0.39 is 0 Å². The molecular weight excluding hydrogens is 186 g/mol. The van der Waals surface area contributed by atoms with Gasteiger partial charge < -0.3 is 5.73 Å². The van der Waals surface area contributed by atoms with E-state index >= 15 is 0 Å². The lowest BCUT2D eigenvalue weighted by atomic mass is 9.91. The van der Waals surface area contributed by atoms with E-state index in [1.807, 2.05) is 17.9 Å². The van der Waals surface area contributed by atoms with Crippen LogP contribution in [0.2, 0.25) is 0 Å². The fraction of sp³-hybridized carbons (Fsp3) is 0.750. The fourth-order valence-electron chi connectivity index (χ4n) is 2.76. The molecule has 1 fully saturated rings. The summed E-state index contributed by atoms with van der Waals surface area (Å²) >= 11 is 0. The van der Waals surface area contributed by atoms with E-state index in [4.69, 9.17) is 5.73 Å². The molecule has 1 aromatic rings. The van der Waals surface area contributed by atoms with Gasteiger partial charge in [0.2, 0.25) is 0 Å². The van der Waals surface area contributed by atoms with Gasteiger partial charge >= 0.3 is 0 Å². The lowest BCUT2D eigenvalue weighted by molar-refractivity contribution is 0.372. The molecule has 0 bridgehead atoms. The Hall–Kier alpha value is -0.830. The summed E-state index contributed by atoms with van der Waals surface area (Å²) < 4.78 is 1.88. The zero-order chi connectivity index (χ0) is 10.7. The second kappa shape index (κ2) is 4.79. The van der Waals surface area contributed by atoms with Crippen LogP contribution >= 0.6 is 0 Å². The van der Waals surface area contributed by atoms with Crippen LogP contribution in [0.3, 0.4) is 0 Å². The molecule has 1 saturated carbocycles. The van der Waals surface area contributed by atoms with Crippen molar-refractivity contribution < 1.29 is 0 Å². The van der Waals surface area contributed by atoms with Gasteiger partial charge in [0.25, 0.3) is 0 Å². The average Bonchev–Trinajstić information content (AvgIpc) is 2.83. The van der Waals surface area contributed by atoms with Crippen molar-refractivity contribution in [2.24, 2.45) is 24.6 Å². The third-order valence-corrected chi connectivity index (χ3v) is 3.68. The molecule has 3 heteroatoms. The van der Waals surface area contributed by atoms with Crippen LogP contribution in [0, 0.1) is 11.8 Å². The van der Waals surface area contributed by atoms with E-state index in [0.717, 1.165) is 24.8 Å². The van der Waals surface area contributed by atoms with E-state index in [-0.39, 0.29) is 0 Å². The largest absolute Gasteiger partial charge is 0.330 e. The Morgan fingerprint density at radius 3 is 2.93 bits per heavy atom. The molecule has 0 radical (unpaired) electrons. The molecule has 84 valence electrons. The third-order valence-electron chi connectivity index (χ3n) is 3.68. The molecule has 2 atom stereocenters. The molecule has 1 aromatic heterocycles. The number of hydrogen-bond acceptors (Lipinski definition) is 2. The second-order valence-electron chi connectivity index (χ2n) is 4.75. The van der Waals surface area contributed by atoms with Gasteiger partial charge in [-0.15, -0.1) is 0 Å². The van der Waals surface area contributed by atoms with Crippen LogP contribution in [0.5, 0.6) is 0 Å². The summed E-state index contributed by atoms with van der Waals surface area (Å²) in [6.45, 7) is 0.873. The van der Waals surface area contributed by atoms with Crippen molar-refractivity contribution in [3.63, 3.8) is 0 Å². The normalized spacial score (nSPS) is 26.0. The first-order chi connectivity index (χ1) is 7.29. The van der Waals surface area contributed by atoms with Crippen molar-refractivity contribution in [3.8, 4) is 0 Å². The average molecular weight is 207 g/mol. The summed E-state index contributed by atoms with van der Waals surface area (Å²) in [5, 5.41) is 4.19. The topological polar surface area (TPSA) is 43.8 Å². The Balaban J connectivity index is 1.82. The van der Waals surface area contributed by atoms with Crippen LogP contribution in [-0.4, -0.2) is 16.3 Å². The molecule has 1 aliphatic carbocycles. The quantitative estimate of drug-likeness (QED) is 0.817. The second-order valence-corrected chi connectivity index (χ2v) is 4.75. The minimum absolute atomic E-state index is 0.779. The number of hydrogen-bond donors (Lipinski definition) is 1. The van der Waals surface area contributed by atoms with Crippen molar-refractivity contribution in [2.75, 3.05) is 6.54 Å². The van der Waals surface area contributed by atoms with E-state index in [9.17, 15) is 0 Å². The molecule has 2 unspecified atom stereocenters.